The van der Waals surface area contributed by atoms with Crippen molar-refractivity contribution < 1.29 is 9.47 Å². The van der Waals surface area contributed by atoms with E-state index in [1.54, 1.807) is 0 Å². The van der Waals surface area contributed by atoms with E-state index in [1.807, 2.05) is 48.5 Å². The fourth-order valence-corrected chi connectivity index (χ4v) is 3.17. The summed E-state index contributed by atoms with van der Waals surface area (Å²) in [5.74, 6) is 0.502. The van der Waals surface area contributed by atoms with Crippen molar-refractivity contribution in [3.05, 3.63) is 83.2 Å². The topological polar surface area (TPSA) is 66.3 Å². The van der Waals surface area contributed by atoms with Crippen LogP contribution in [-0.2, 0) is 9.47 Å². The molecule has 25 heavy (non-hydrogen) atoms. The van der Waals surface area contributed by atoms with E-state index in [9.17, 15) is 5.26 Å². The molecule has 0 aromatic heterocycles. The molecule has 0 aliphatic carbocycles. The normalized spacial score (nSPS) is 27.2. The minimum absolute atomic E-state index is 0.0471. The van der Waals surface area contributed by atoms with Crippen molar-refractivity contribution in [2.45, 2.75) is 18.3 Å². The maximum atomic E-state index is 9.61. The highest BCUT2D eigenvalue weighted by Gasteiger charge is 2.33. The van der Waals surface area contributed by atoms with Gasteiger partial charge in [0.2, 0.25) is 5.88 Å². The van der Waals surface area contributed by atoms with Crippen molar-refractivity contribution in [2.75, 3.05) is 13.2 Å². The monoisotopic (exact) mass is 333 g/mol. The van der Waals surface area contributed by atoms with Crippen molar-refractivity contribution in [1.82, 2.24) is 10.6 Å². The number of benzene rings is 2. The second-order valence-corrected chi connectivity index (χ2v) is 6.12. The van der Waals surface area contributed by atoms with Crippen molar-refractivity contribution in [2.24, 2.45) is 0 Å². The summed E-state index contributed by atoms with van der Waals surface area (Å²) in [6.07, 6.45) is -0.466. The Morgan fingerprint density at radius 3 is 2.20 bits per heavy atom. The summed E-state index contributed by atoms with van der Waals surface area (Å²) < 4.78 is 11.6. The van der Waals surface area contributed by atoms with Crippen LogP contribution < -0.4 is 10.6 Å². The first-order valence-corrected chi connectivity index (χ1v) is 8.36. The zero-order valence-corrected chi connectivity index (χ0v) is 13.7. The van der Waals surface area contributed by atoms with Gasteiger partial charge in [-0.05, 0) is 11.1 Å². The van der Waals surface area contributed by atoms with Crippen LogP contribution in [0.1, 0.15) is 23.2 Å². The summed E-state index contributed by atoms with van der Waals surface area (Å²) in [5, 5.41) is 16.3. The highest BCUT2D eigenvalue weighted by Crippen LogP contribution is 2.28. The van der Waals surface area contributed by atoms with Gasteiger partial charge >= 0.3 is 0 Å². The Balaban J connectivity index is 1.50. The molecule has 2 aliphatic heterocycles. The van der Waals surface area contributed by atoms with Crippen LogP contribution in [0.2, 0.25) is 0 Å². The largest absolute Gasteiger partial charge is 0.476 e. The van der Waals surface area contributed by atoms with E-state index >= 15 is 0 Å². The molecule has 3 atom stereocenters. The molecule has 2 N–H and O–H groups in total. The average Bonchev–Trinajstić information content (AvgIpc) is 3.35. The van der Waals surface area contributed by atoms with E-state index in [0.29, 0.717) is 24.7 Å². The second kappa shape index (κ2) is 6.98. The third-order valence-electron chi connectivity index (χ3n) is 4.51. The van der Waals surface area contributed by atoms with E-state index in [1.165, 1.54) is 0 Å². The molecule has 0 spiro atoms. The molecule has 5 nitrogen and oxygen atoms in total. The molecule has 2 aromatic carbocycles. The summed E-state index contributed by atoms with van der Waals surface area (Å²) in [7, 11) is 0. The lowest BCUT2D eigenvalue weighted by Crippen LogP contribution is -2.29. The lowest BCUT2D eigenvalue weighted by molar-refractivity contribution is 0.124. The number of nitrogens with zero attached hydrogens (tertiary/aromatic N) is 1. The van der Waals surface area contributed by atoms with Gasteiger partial charge in [0.15, 0.2) is 0 Å². The van der Waals surface area contributed by atoms with Gasteiger partial charge in [0.05, 0.1) is 18.7 Å². The van der Waals surface area contributed by atoms with Crippen LogP contribution in [0, 0.1) is 11.3 Å². The van der Waals surface area contributed by atoms with E-state index in [0.717, 1.165) is 11.1 Å². The Hall–Kier alpha value is -2.81. The molecule has 0 amide bonds. The third-order valence-corrected chi connectivity index (χ3v) is 4.51. The molecule has 1 unspecified atom stereocenters. The summed E-state index contributed by atoms with van der Waals surface area (Å²) in [5.41, 5.74) is 2.74. The summed E-state index contributed by atoms with van der Waals surface area (Å²) in [6, 6.07) is 22.5. The number of nitriles is 1. The van der Waals surface area contributed by atoms with Crippen LogP contribution >= 0.6 is 0 Å². The standard InChI is InChI=1S/C20H19N3O2/c21-11-16(19-22-17(12-24-19)14-7-3-1-4-8-14)20-23-18(13-25-20)15-9-5-2-6-10-15/h1-10,17-19,22-23H,12-13H2/b20-16+/t17-,18-,19?/m1/s1. The molecule has 2 heterocycles. The molecule has 2 saturated heterocycles. The number of hydrogen-bond acceptors (Lipinski definition) is 5. The maximum Gasteiger partial charge on any atom is 0.205 e. The molecule has 0 bridgehead atoms. The van der Waals surface area contributed by atoms with Crippen molar-refractivity contribution >= 4 is 0 Å². The van der Waals surface area contributed by atoms with Crippen LogP contribution in [0.15, 0.2) is 72.1 Å². The van der Waals surface area contributed by atoms with Gasteiger partial charge in [-0.3, -0.25) is 5.32 Å². The van der Waals surface area contributed by atoms with E-state index in [2.05, 4.69) is 28.8 Å². The highest BCUT2D eigenvalue weighted by molar-refractivity contribution is 5.33. The number of nitrogens with one attached hydrogen (secondary N) is 2. The van der Waals surface area contributed by atoms with Gasteiger partial charge in [0.25, 0.3) is 0 Å². The minimum Gasteiger partial charge on any atom is -0.476 e. The summed E-state index contributed by atoms with van der Waals surface area (Å²) in [6.45, 7) is 1.02. The average molecular weight is 333 g/mol. The Bertz CT molecular complexity index is 799. The Morgan fingerprint density at radius 1 is 0.920 bits per heavy atom. The maximum absolute atomic E-state index is 9.61. The van der Waals surface area contributed by atoms with Gasteiger partial charge in [-0.1, -0.05) is 60.7 Å². The predicted octanol–water partition coefficient (Wildman–Crippen LogP) is 2.77. The predicted molar refractivity (Wildman–Crippen MR) is 93.0 cm³/mol. The number of rotatable bonds is 3. The van der Waals surface area contributed by atoms with Gasteiger partial charge in [0, 0.05) is 0 Å². The molecule has 0 saturated carbocycles. The quantitative estimate of drug-likeness (QED) is 0.846. The zero-order chi connectivity index (χ0) is 17.1. The molecule has 2 aliphatic rings. The lowest BCUT2D eigenvalue weighted by Gasteiger charge is -2.13. The Morgan fingerprint density at radius 2 is 1.56 bits per heavy atom. The van der Waals surface area contributed by atoms with E-state index in [4.69, 9.17) is 9.47 Å². The van der Waals surface area contributed by atoms with Crippen molar-refractivity contribution in [3.63, 3.8) is 0 Å². The molecule has 4 rings (SSSR count). The van der Waals surface area contributed by atoms with Gasteiger partial charge in [-0.2, -0.15) is 5.26 Å². The van der Waals surface area contributed by atoms with Crippen molar-refractivity contribution in [1.29, 1.82) is 5.26 Å². The van der Waals surface area contributed by atoms with Gasteiger partial charge in [0.1, 0.15) is 24.5 Å². The number of ether oxygens (including phenoxy) is 2. The van der Waals surface area contributed by atoms with Crippen LogP contribution in [0.5, 0.6) is 0 Å². The van der Waals surface area contributed by atoms with E-state index in [-0.39, 0.29) is 12.1 Å². The number of hydrogen-bond donors (Lipinski definition) is 2. The van der Waals surface area contributed by atoms with Gasteiger partial charge < -0.3 is 14.8 Å². The zero-order valence-electron chi connectivity index (χ0n) is 13.7. The van der Waals surface area contributed by atoms with E-state index < -0.39 is 6.23 Å². The Labute approximate surface area is 146 Å². The minimum atomic E-state index is -0.466. The first-order valence-electron chi connectivity index (χ1n) is 8.36. The molecular formula is C20H19N3O2. The van der Waals surface area contributed by atoms with Crippen LogP contribution in [0.3, 0.4) is 0 Å². The Kier molecular flexibility index (Phi) is 4.38. The highest BCUT2D eigenvalue weighted by atomic mass is 16.5. The van der Waals surface area contributed by atoms with Gasteiger partial charge in [-0.25, -0.2) is 0 Å². The van der Waals surface area contributed by atoms with Crippen LogP contribution in [0.25, 0.3) is 0 Å². The summed E-state index contributed by atoms with van der Waals surface area (Å²) >= 11 is 0. The first-order chi connectivity index (χ1) is 12.3. The molecule has 0 radical (unpaired) electrons. The smallest absolute Gasteiger partial charge is 0.205 e. The second-order valence-electron chi connectivity index (χ2n) is 6.12. The van der Waals surface area contributed by atoms with Crippen LogP contribution in [-0.4, -0.2) is 19.4 Å². The SMILES string of the molecule is N#C/C(=C1/N[C@@H](c2ccccc2)CO1)C1N[C@@H](c2ccccc2)CO1. The molecular weight excluding hydrogens is 314 g/mol. The molecule has 5 heteroatoms. The van der Waals surface area contributed by atoms with Crippen LogP contribution in [0.4, 0.5) is 0 Å². The first kappa shape index (κ1) is 15.7. The van der Waals surface area contributed by atoms with Gasteiger partial charge in [-0.15, -0.1) is 0 Å². The fraction of sp³-hybridized carbons (Fsp3) is 0.250. The lowest BCUT2D eigenvalue weighted by atomic mass is 10.1. The molecule has 2 fully saturated rings. The summed E-state index contributed by atoms with van der Waals surface area (Å²) in [4.78, 5) is 0. The third kappa shape index (κ3) is 3.22. The molecule has 126 valence electrons. The molecule has 2 aromatic rings. The van der Waals surface area contributed by atoms with Crippen molar-refractivity contribution in [3.8, 4) is 6.07 Å². The fourth-order valence-electron chi connectivity index (χ4n) is 3.17.